The summed E-state index contributed by atoms with van der Waals surface area (Å²) >= 11 is 3.27. The van der Waals surface area contributed by atoms with Crippen molar-refractivity contribution >= 4 is 31.9 Å². The first-order valence-corrected chi connectivity index (χ1v) is 7.40. The van der Waals surface area contributed by atoms with Crippen LogP contribution in [-0.2, 0) is 14.8 Å². The van der Waals surface area contributed by atoms with E-state index in [-0.39, 0.29) is 0 Å². The highest BCUT2D eigenvalue weighted by molar-refractivity contribution is 9.10. The Labute approximate surface area is 108 Å². The summed E-state index contributed by atoms with van der Waals surface area (Å²) in [6, 6.07) is 6.87. The van der Waals surface area contributed by atoms with Gasteiger partial charge in [0.05, 0.1) is 6.26 Å². The molecule has 0 aliphatic rings. The predicted octanol–water partition coefficient (Wildman–Crippen LogP) is 1.29. The molecule has 0 aromatic heterocycles. The van der Waals surface area contributed by atoms with Gasteiger partial charge in [-0.25, -0.2) is 8.42 Å². The van der Waals surface area contributed by atoms with E-state index < -0.39 is 22.0 Å². The van der Waals surface area contributed by atoms with E-state index in [9.17, 15) is 13.2 Å². The van der Waals surface area contributed by atoms with Gasteiger partial charge in [0.25, 0.3) is 5.91 Å². The lowest BCUT2D eigenvalue weighted by atomic mass is 10.3. The molecule has 17 heavy (non-hydrogen) atoms. The SMILES string of the molecule is CC(Oc1ccc(Br)cc1)C(=O)NS(C)(=O)=O. The molecule has 1 atom stereocenters. The Morgan fingerprint density at radius 1 is 1.35 bits per heavy atom. The summed E-state index contributed by atoms with van der Waals surface area (Å²) in [5.41, 5.74) is 0. The zero-order valence-corrected chi connectivity index (χ0v) is 11.7. The first kappa shape index (κ1) is 14.0. The molecule has 5 nitrogen and oxygen atoms in total. The Morgan fingerprint density at radius 3 is 2.35 bits per heavy atom. The van der Waals surface area contributed by atoms with Gasteiger partial charge in [0.2, 0.25) is 10.0 Å². The van der Waals surface area contributed by atoms with Crippen molar-refractivity contribution in [3.63, 3.8) is 0 Å². The molecule has 1 amide bonds. The second-order valence-corrected chi connectivity index (χ2v) is 6.12. The van der Waals surface area contributed by atoms with Crippen LogP contribution < -0.4 is 9.46 Å². The molecule has 0 aliphatic heterocycles. The van der Waals surface area contributed by atoms with Gasteiger partial charge >= 0.3 is 0 Å². The number of carbonyl (C=O) groups is 1. The number of halogens is 1. The van der Waals surface area contributed by atoms with Crippen molar-refractivity contribution in [1.29, 1.82) is 0 Å². The molecule has 0 aliphatic carbocycles. The number of ether oxygens (including phenoxy) is 1. The van der Waals surface area contributed by atoms with E-state index in [4.69, 9.17) is 4.74 Å². The maximum atomic E-state index is 11.4. The fraction of sp³-hybridized carbons (Fsp3) is 0.300. The minimum atomic E-state index is -3.55. The van der Waals surface area contributed by atoms with Gasteiger partial charge in [-0.2, -0.15) is 0 Å². The molecule has 0 saturated heterocycles. The van der Waals surface area contributed by atoms with Gasteiger partial charge in [0.15, 0.2) is 6.10 Å². The van der Waals surface area contributed by atoms with Gasteiger partial charge in [-0.1, -0.05) is 15.9 Å². The second-order valence-electron chi connectivity index (χ2n) is 3.45. The maximum Gasteiger partial charge on any atom is 0.274 e. The lowest BCUT2D eigenvalue weighted by Gasteiger charge is -2.13. The van der Waals surface area contributed by atoms with Crippen molar-refractivity contribution in [2.45, 2.75) is 13.0 Å². The first-order valence-electron chi connectivity index (χ1n) is 4.72. The first-order chi connectivity index (χ1) is 7.78. The van der Waals surface area contributed by atoms with Crippen molar-refractivity contribution < 1.29 is 17.9 Å². The van der Waals surface area contributed by atoms with Gasteiger partial charge in [0.1, 0.15) is 5.75 Å². The fourth-order valence-electron chi connectivity index (χ4n) is 1.04. The number of nitrogens with one attached hydrogen (secondary N) is 1. The molecule has 1 rings (SSSR count). The quantitative estimate of drug-likeness (QED) is 0.907. The van der Waals surface area contributed by atoms with Gasteiger partial charge in [-0.15, -0.1) is 0 Å². The molecule has 1 unspecified atom stereocenters. The van der Waals surface area contributed by atoms with Crippen LogP contribution in [0.1, 0.15) is 6.92 Å². The normalized spacial score (nSPS) is 12.9. The Kier molecular flexibility index (Phi) is 4.53. The van der Waals surface area contributed by atoms with Crippen LogP contribution in [0.4, 0.5) is 0 Å². The van der Waals surface area contributed by atoms with Crippen molar-refractivity contribution in [2.75, 3.05) is 6.26 Å². The minimum absolute atomic E-state index is 0.490. The summed E-state index contributed by atoms with van der Waals surface area (Å²) in [6.45, 7) is 1.47. The third kappa shape index (κ3) is 5.18. The largest absolute Gasteiger partial charge is 0.481 e. The third-order valence-corrected chi connectivity index (χ3v) is 2.88. The van der Waals surface area contributed by atoms with E-state index in [0.29, 0.717) is 5.75 Å². The van der Waals surface area contributed by atoms with Crippen LogP contribution in [0.5, 0.6) is 5.75 Å². The van der Waals surface area contributed by atoms with E-state index in [1.807, 2.05) is 4.72 Å². The lowest BCUT2D eigenvalue weighted by Crippen LogP contribution is -2.39. The molecule has 0 heterocycles. The molecule has 0 bridgehead atoms. The smallest absolute Gasteiger partial charge is 0.274 e. The lowest BCUT2D eigenvalue weighted by molar-refractivity contribution is -0.125. The molecule has 0 radical (unpaired) electrons. The summed E-state index contributed by atoms with van der Waals surface area (Å²) in [7, 11) is -3.55. The van der Waals surface area contributed by atoms with Gasteiger partial charge in [-0.3, -0.25) is 9.52 Å². The highest BCUT2D eigenvalue weighted by Gasteiger charge is 2.18. The third-order valence-electron chi connectivity index (χ3n) is 1.78. The number of hydrogen-bond donors (Lipinski definition) is 1. The molecular weight excluding hydrogens is 310 g/mol. The van der Waals surface area contributed by atoms with E-state index in [0.717, 1.165) is 10.7 Å². The summed E-state index contributed by atoms with van der Waals surface area (Å²) in [5.74, 6) is -0.209. The molecule has 0 spiro atoms. The molecule has 1 aromatic carbocycles. The molecule has 1 N–H and O–H groups in total. The minimum Gasteiger partial charge on any atom is -0.481 e. The molecule has 0 saturated carbocycles. The number of benzene rings is 1. The summed E-state index contributed by atoms with van der Waals surface area (Å²) in [6.07, 6.45) is 0.0305. The standard InChI is InChI=1S/C10H12BrNO4S/c1-7(10(13)12-17(2,14)15)16-9-5-3-8(11)4-6-9/h3-7H,1-2H3,(H,12,13). The average molecular weight is 322 g/mol. The van der Waals surface area contributed by atoms with Crippen molar-refractivity contribution in [3.8, 4) is 5.75 Å². The van der Waals surface area contributed by atoms with Crippen LogP contribution in [0.25, 0.3) is 0 Å². The number of rotatable bonds is 4. The molecule has 0 fully saturated rings. The van der Waals surface area contributed by atoms with Crippen molar-refractivity contribution in [3.05, 3.63) is 28.7 Å². The van der Waals surface area contributed by atoms with Gasteiger partial charge in [-0.05, 0) is 31.2 Å². The van der Waals surface area contributed by atoms with Crippen molar-refractivity contribution in [1.82, 2.24) is 4.72 Å². The highest BCUT2D eigenvalue weighted by atomic mass is 79.9. The summed E-state index contributed by atoms with van der Waals surface area (Å²) in [5, 5.41) is 0. The second kappa shape index (κ2) is 5.50. The molecule has 94 valence electrons. The highest BCUT2D eigenvalue weighted by Crippen LogP contribution is 2.17. The predicted molar refractivity (Wildman–Crippen MR) is 67.2 cm³/mol. The summed E-state index contributed by atoms with van der Waals surface area (Å²) in [4.78, 5) is 11.4. The zero-order chi connectivity index (χ0) is 13.1. The Balaban J connectivity index is 2.63. The average Bonchev–Trinajstić information content (AvgIpc) is 2.19. The van der Waals surface area contributed by atoms with Crippen LogP contribution in [0, 0.1) is 0 Å². The number of hydrogen-bond acceptors (Lipinski definition) is 4. The Morgan fingerprint density at radius 2 is 1.88 bits per heavy atom. The molecule has 1 aromatic rings. The maximum absolute atomic E-state index is 11.4. The monoisotopic (exact) mass is 321 g/mol. The van der Waals surface area contributed by atoms with Crippen LogP contribution in [0.15, 0.2) is 28.7 Å². The Hall–Kier alpha value is -1.08. The zero-order valence-electron chi connectivity index (χ0n) is 9.31. The van der Waals surface area contributed by atoms with E-state index in [1.54, 1.807) is 24.3 Å². The number of sulfonamides is 1. The van der Waals surface area contributed by atoms with Crippen LogP contribution >= 0.6 is 15.9 Å². The van der Waals surface area contributed by atoms with Gasteiger partial charge in [0, 0.05) is 4.47 Å². The van der Waals surface area contributed by atoms with E-state index >= 15 is 0 Å². The summed E-state index contributed by atoms with van der Waals surface area (Å²) < 4.78 is 29.7. The van der Waals surface area contributed by atoms with Crippen molar-refractivity contribution in [2.24, 2.45) is 0 Å². The molecule has 7 heteroatoms. The van der Waals surface area contributed by atoms with E-state index in [2.05, 4.69) is 15.9 Å². The van der Waals surface area contributed by atoms with E-state index in [1.165, 1.54) is 6.92 Å². The van der Waals surface area contributed by atoms with Crippen LogP contribution in [0.3, 0.4) is 0 Å². The van der Waals surface area contributed by atoms with Crippen LogP contribution in [-0.4, -0.2) is 26.7 Å². The fourth-order valence-corrected chi connectivity index (χ4v) is 1.83. The van der Waals surface area contributed by atoms with Crippen LogP contribution in [0.2, 0.25) is 0 Å². The number of amides is 1. The van der Waals surface area contributed by atoms with Gasteiger partial charge < -0.3 is 4.74 Å². The number of carbonyl (C=O) groups excluding carboxylic acids is 1. The Bertz CT molecular complexity index is 498. The topological polar surface area (TPSA) is 72.5 Å². The molecular formula is C10H12BrNO4S.